The lowest BCUT2D eigenvalue weighted by atomic mass is 9.96. The number of aromatic nitrogens is 1. The van der Waals surface area contributed by atoms with E-state index in [-0.39, 0.29) is 5.75 Å². The van der Waals surface area contributed by atoms with Gasteiger partial charge in [0.15, 0.2) is 11.5 Å². The number of ether oxygens (including phenoxy) is 3. The number of phenols is 1. The normalized spacial score (nSPS) is 15.2. The van der Waals surface area contributed by atoms with Gasteiger partial charge in [-0.25, -0.2) is 0 Å². The second kappa shape index (κ2) is 5.09. The van der Waals surface area contributed by atoms with Crippen molar-refractivity contribution in [1.29, 1.82) is 0 Å². The molecule has 0 aliphatic carbocycles. The second-order valence-corrected chi connectivity index (χ2v) is 6.88. The number of methoxy groups -OCH3 is 2. The van der Waals surface area contributed by atoms with Gasteiger partial charge in [-0.1, -0.05) is 0 Å². The SMILES string of the molecule is COc1cc2[nH]c3c4c(c(C)c(O)c3c2cc1OC)OC(C)(C)C=C4. The Morgan fingerprint density at radius 3 is 2.48 bits per heavy atom. The highest BCUT2D eigenvalue weighted by atomic mass is 16.5. The molecule has 5 heteroatoms. The molecule has 2 heterocycles. The van der Waals surface area contributed by atoms with Gasteiger partial charge in [0.2, 0.25) is 0 Å². The number of hydrogen-bond acceptors (Lipinski definition) is 4. The van der Waals surface area contributed by atoms with Crippen LogP contribution in [0.5, 0.6) is 23.0 Å². The van der Waals surface area contributed by atoms with Crippen molar-refractivity contribution in [2.45, 2.75) is 26.4 Å². The highest BCUT2D eigenvalue weighted by Crippen LogP contribution is 2.47. The summed E-state index contributed by atoms with van der Waals surface area (Å²) >= 11 is 0. The fraction of sp³-hybridized carbons (Fsp3) is 0.300. The minimum absolute atomic E-state index is 0.221. The van der Waals surface area contributed by atoms with Gasteiger partial charge in [-0.3, -0.25) is 0 Å². The van der Waals surface area contributed by atoms with Crippen molar-refractivity contribution in [3.05, 3.63) is 29.3 Å². The van der Waals surface area contributed by atoms with Crippen molar-refractivity contribution in [2.75, 3.05) is 14.2 Å². The van der Waals surface area contributed by atoms with Crippen LogP contribution in [0.25, 0.3) is 27.9 Å². The highest BCUT2D eigenvalue weighted by molar-refractivity contribution is 6.15. The van der Waals surface area contributed by atoms with Gasteiger partial charge in [0, 0.05) is 22.6 Å². The van der Waals surface area contributed by atoms with Gasteiger partial charge in [-0.15, -0.1) is 0 Å². The van der Waals surface area contributed by atoms with Gasteiger partial charge in [-0.2, -0.15) is 0 Å². The molecule has 1 aliphatic rings. The minimum Gasteiger partial charge on any atom is -0.507 e. The Hall–Kier alpha value is -2.82. The zero-order valence-corrected chi connectivity index (χ0v) is 15.0. The van der Waals surface area contributed by atoms with E-state index in [1.807, 2.05) is 39.0 Å². The molecule has 2 N–H and O–H groups in total. The third-order valence-electron chi connectivity index (χ3n) is 4.77. The zero-order chi connectivity index (χ0) is 17.9. The van der Waals surface area contributed by atoms with E-state index in [2.05, 4.69) is 11.1 Å². The molecule has 2 aromatic carbocycles. The summed E-state index contributed by atoms with van der Waals surface area (Å²) in [6.07, 6.45) is 4.08. The molecule has 1 aliphatic heterocycles. The van der Waals surface area contributed by atoms with Crippen molar-refractivity contribution < 1.29 is 19.3 Å². The van der Waals surface area contributed by atoms with E-state index in [1.165, 1.54) is 0 Å². The Morgan fingerprint density at radius 2 is 1.80 bits per heavy atom. The molecule has 0 fully saturated rings. The van der Waals surface area contributed by atoms with E-state index < -0.39 is 5.60 Å². The lowest BCUT2D eigenvalue weighted by Crippen LogP contribution is -2.28. The van der Waals surface area contributed by atoms with E-state index in [1.54, 1.807) is 14.2 Å². The summed E-state index contributed by atoms with van der Waals surface area (Å²) in [4.78, 5) is 3.40. The van der Waals surface area contributed by atoms with Gasteiger partial charge in [0.05, 0.1) is 30.6 Å². The van der Waals surface area contributed by atoms with Crippen molar-refractivity contribution in [3.8, 4) is 23.0 Å². The predicted molar refractivity (Wildman–Crippen MR) is 99.1 cm³/mol. The third kappa shape index (κ3) is 2.15. The molecule has 0 spiro atoms. The average molecular weight is 339 g/mol. The fourth-order valence-electron chi connectivity index (χ4n) is 3.45. The molecular weight excluding hydrogens is 318 g/mol. The Bertz CT molecular complexity index is 1040. The van der Waals surface area contributed by atoms with Crippen LogP contribution < -0.4 is 14.2 Å². The molecule has 130 valence electrons. The van der Waals surface area contributed by atoms with Gasteiger partial charge in [0.1, 0.15) is 17.1 Å². The summed E-state index contributed by atoms with van der Waals surface area (Å²) in [7, 11) is 3.21. The van der Waals surface area contributed by atoms with Gasteiger partial charge in [-0.05, 0) is 39.0 Å². The van der Waals surface area contributed by atoms with Crippen LogP contribution in [0.3, 0.4) is 0 Å². The summed E-state index contributed by atoms with van der Waals surface area (Å²) in [5.41, 5.74) is 2.98. The van der Waals surface area contributed by atoms with Crippen molar-refractivity contribution >= 4 is 27.9 Å². The summed E-state index contributed by atoms with van der Waals surface area (Å²) in [6.45, 7) is 5.87. The molecule has 5 nitrogen and oxygen atoms in total. The molecule has 0 saturated heterocycles. The molecule has 0 amide bonds. The number of fused-ring (bicyclic) bond motifs is 5. The number of nitrogens with one attached hydrogen (secondary N) is 1. The summed E-state index contributed by atoms with van der Waals surface area (Å²) in [5.74, 6) is 2.19. The van der Waals surface area contributed by atoms with Crippen molar-refractivity contribution in [3.63, 3.8) is 0 Å². The van der Waals surface area contributed by atoms with Crippen LogP contribution in [0, 0.1) is 6.92 Å². The Labute approximate surface area is 145 Å². The van der Waals surface area contributed by atoms with Crippen LogP contribution in [0.4, 0.5) is 0 Å². The number of aromatic amines is 1. The van der Waals surface area contributed by atoms with E-state index >= 15 is 0 Å². The van der Waals surface area contributed by atoms with Crippen LogP contribution in [0.15, 0.2) is 18.2 Å². The van der Waals surface area contributed by atoms with Crippen molar-refractivity contribution in [1.82, 2.24) is 4.98 Å². The van der Waals surface area contributed by atoms with E-state index in [0.29, 0.717) is 17.2 Å². The molecule has 4 rings (SSSR count). The first-order chi connectivity index (χ1) is 11.9. The first-order valence-electron chi connectivity index (χ1n) is 8.17. The molecule has 0 bridgehead atoms. The monoisotopic (exact) mass is 339 g/mol. The molecule has 0 saturated carbocycles. The summed E-state index contributed by atoms with van der Waals surface area (Å²) in [5, 5.41) is 12.5. The first kappa shape index (κ1) is 15.7. The summed E-state index contributed by atoms with van der Waals surface area (Å²) < 4.78 is 16.9. The molecule has 1 aromatic heterocycles. The molecule has 25 heavy (non-hydrogen) atoms. The maximum Gasteiger partial charge on any atom is 0.162 e. The highest BCUT2D eigenvalue weighted by Gasteiger charge is 2.28. The predicted octanol–water partition coefficient (Wildman–Crippen LogP) is 4.54. The third-order valence-corrected chi connectivity index (χ3v) is 4.77. The quantitative estimate of drug-likeness (QED) is 0.720. The van der Waals surface area contributed by atoms with Gasteiger partial charge >= 0.3 is 0 Å². The molecule has 0 unspecified atom stereocenters. The second-order valence-electron chi connectivity index (χ2n) is 6.88. The van der Waals surface area contributed by atoms with Crippen LogP contribution in [0.2, 0.25) is 0 Å². The lowest BCUT2D eigenvalue weighted by Gasteiger charge is -2.29. The molecule has 3 aromatic rings. The largest absolute Gasteiger partial charge is 0.507 e. The number of H-pyrrole nitrogens is 1. The number of benzene rings is 2. The van der Waals surface area contributed by atoms with Crippen molar-refractivity contribution in [2.24, 2.45) is 0 Å². The molecule has 0 atom stereocenters. The number of phenolic OH excluding ortho intramolecular Hbond substituents is 1. The van der Waals surface area contributed by atoms with Gasteiger partial charge in [0.25, 0.3) is 0 Å². The number of rotatable bonds is 2. The van der Waals surface area contributed by atoms with Crippen LogP contribution in [0.1, 0.15) is 25.0 Å². The standard InChI is InChI=1S/C20H21NO4/c1-10-18(22)16-12-8-14(23-4)15(24-5)9-13(12)21-17(16)11-6-7-20(2,3)25-19(10)11/h6-9,21-22H,1-5H3. The fourth-order valence-corrected chi connectivity index (χ4v) is 3.45. The van der Waals surface area contributed by atoms with Crippen LogP contribution >= 0.6 is 0 Å². The van der Waals surface area contributed by atoms with E-state index in [4.69, 9.17) is 14.2 Å². The van der Waals surface area contributed by atoms with E-state index in [9.17, 15) is 5.11 Å². The Balaban J connectivity index is 2.14. The lowest BCUT2D eigenvalue weighted by molar-refractivity contribution is 0.157. The van der Waals surface area contributed by atoms with Crippen LogP contribution in [-0.2, 0) is 0 Å². The number of hydrogen-bond donors (Lipinski definition) is 2. The summed E-state index contributed by atoms with van der Waals surface area (Å²) in [6, 6.07) is 3.77. The molecule has 0 radical (unpaired) electrons. The maximum atomic E-state index is 10.9. The van der Waals surface area contributed by atoms with Gasteiger partial charge < -0.3 is 24.3 Å². The number of aromatic hydroxyl groups is 1. The average Bonchev–Trinajstić information content (AvgIpc) is 2.95. The first-order valence-corrected chi connectivity index (χ1v) is 8.17. The molecular formula is C20H21NO4. The van der Waals surface area contributed by atoms with Crippen LogP contribution in [-0.4, -0.2) is 29.9 Å². The smallest absolute Gasteiger partial charge is 0.162 e. The topological polar surface area (TPSA) is 63.7 Å². The Morgan fingerprint density at radius 1 is 1.12 bits per heavy atom. The minimum atomic E-state index is -0.406. The van der Waals surface area contributed by atoms with E-state index in [0.717, 1.165) is 32.9 Å². The Kier molecular flexibility index (Phi) is 3.19. The maximum absolute atomic E-state index is 10.9. The zero-order valence-electron chi connectivity index (χ0n) is 15.0.